The van der Waals surface area contributed by atoms with E-state index in [4.69, 9.17) is 68.8 Å². The summed E-state index contributed by atoms with van der Waals surface area (Å²) in [4.78, 5) is 152. The second-order valence-electron chi connectivity index (χ2n) is 20.6. The summed E-state index contributed by atoms with van der Waals surface area (Å²) in [5.41, 5.74) is 66.7. The van der Waals surface area contributed by atoms with Crippen LogP contribution in [-0.4, -0.2) is 194 Å². The summed E-state index contributed by atoms with van der Waals surface area (Å²) >= 11 is 0. The van der Waals surface area contributed by atoms with Gasteiger partial charge in [0, 0.05) is 33.1 Å². The molecule has 87 heavy (non-hydrogen) atoms. The van der Waals surface area contributed by atoms with Gasteiger partial charge in [-0.05, 0) is 143 Å². The largest absolute Gasteiger partial charge is 0.391 e. The number of nitrogens with zero attached hydrogens (tertiary/aromatic N) is 4. The first-order valence-corrected chi connectivity index (χ1v) is 29.1. The minimum atomic E-state index is -1.53. The van der Waals surface area contributed by atoms with Gasteiger partial charge in [0.2, 0.25) is 59.1 Å². The third kappa shape index (κ3) is 36.3. The Hall–Kier alpha value is -8.38. The van der Waals surface area contributed by atoms with E-state index in [0.717, 1.165) is 0 Å². The van der Waals surface area contributed by atoms with Crippen LogP contribution in [0.3, 0.4) is 0 Å². The number of carbonyl (C=O) groups excluding carboxylic acids is 10. The highest BCUT2D eigenvalue weighted by Gasteiger charge is 2.35. The van der Waals surface area contributed by atoms with Crippen molar-refractivity contribution in [3.05, 3.63) is 0 Å². The Labute approximate surface area is 507 Å². The molecule has 0 aromatic carbocycles. The van der Waals surface area contributed by atoms with Gasteiger partial charge in [0.25, 0.3) is 0 Å². The van der Waals surface area contributed by atoms with Gasteiger partial charge in [-0.2, -0.15) is 0 Å². The predicted molar refractivity (Wildman–Crippen MR) is 328 cm³/mol. The lowest BCUT2D eigenvalue weighted by molar-refractivity contribution is -0.136. The van der Waals surface area contributed by atoms with E-state index in [1.54, 1.807) is 0 Å². The topological polar surface area (TPSA) is 661 Å². The van der Waals surface area contributed by atoms with Gasteiger partial charge in [-0.25, -0.2) is 0 Å². The molecule has 0 saturated heterocycles. The van der Waals surface area contributed by atoms with Gasteiger partial charge in [0.15, 0.2) is 23.8 Å². The first-order valence-electron chi connectivity index (χ1n) is 29.1. The number of aliphatic hydroxyl groups excluding tert-OH is 1. The van der Waals surface area contributed by atoms with Gasteiger partial charge in [-0.15, -0.1) is 0 Å². The fraction of sp³-hybridized carbons (Fsp3) is 0.725. The van der Waals surface area contributed by atoms with Crippen molar-refractivity contribution < 1.29 is 53.1 Å². The van der Waals surface area contributed by atoms with E-state index in [2.05, 4.69) is 67.8 Å². The fourth-order valence-electron chi connectivity index (χ4n) is 8.34. The molecule has 10 atom stereocenters. The molecule has 36 nitrogen and oxygen atoms in total. The van der Waals surface area contributed by atoms with Crippen LogP contribution in [0.4, 0.5) is 0 Å². The maximum absolute atomic E-state index is 14.5. The lowest BCUT2D eigenvalue weighted by Crippen LogP contribution is -2.60. The van der Waals surface area contributed by atoms with Crippen molar-refractivity contribution in [2.45, 2.75) is 190 Å². The van der Waals surface area contributed by atoms with Gasteiger partial charge in [0.05, 0.1) is 6.10 Å². The number of hydrogen-bond acceptors (Lipinski definition) is 18. The minimum Gasteiger partial charge on any atom is -0.391 e. The van der Waals surface area contributed by atoms with Crippen LogP contribution in [0.5, 0.6) is 0 Å². The number of nitrogens with one attached hydrogen (secondary N) is 9. The summed E-state index contributed by atoms with van der Waals surface area (Å²) in [6.45, 7) is 4.68. The van der Waals surface area contributed by atoms with Gasteiger partial charge in [-0.3, -0.25) is 67.9 Å². The van der Waals surface area contributed by atoms with Crippen LogP contribution in [0.25, 0.3) is 0 Å². The standard InChI is InChI=1S/C51H101N25O11/c1-28(68-41(81)31(69-30(3)78)17-10-24-64-48(56)57)40(80)70-35(18-11-25-65-49(58)59)45(85)72-33(15-5-8-22-53)43(83)74-36(19-12-26-66-50(60)61)46(86)73-32(14-4-7-21-52)42(82)71-34(16-6-9-23-54)44(84)75-37(20-13-27-67-51(62)63)47(87)76-38(29(2)77)39(55)79/h28-29,31-38,77H,4-27,52-54H2,1-3H3,(H2,55,79)(H,68,81)(H,69,78)(H,70,80)(H,71,82)(H,72,85)(H,73,86)(H,74,83)(H,75,84)(H,76,87)(H4,56,57,64)(H4,58,59,65)(H4,60,61,66)(H4,62,63,67)/t28-,29+,31-,32-,33-,34-,35-,36-,37-,38-/m0/s1. The van der Waals surface area contributed by atoms with Crippen LogP contribution >= 0.6 is 0 Å². The molecular weight excluding hydrogens is 1140 g/mol. The van der Waals surface area contributed by atoms with Crippen LogP contribution < -0.4 is 117 Å². The Morgan fingerprint density at radius 2 is 0.563 bits per heavy atom. The SMILES string of the molecule is CC(=O)N[C@@H](CCCN=C(N)N)C(=O)N[C@@H](C)C(=O)N[C@@H](CCCN=C(N)N)C(=O)N[C@@H](CCCCN)C(=O)N[C@@H](CCCN=C(N)N)C(=O)N[C@@H](CCCCN)C(=O)N[C@@H](CCCCN)C(=O)N[C@@H](CCCN=C(N)N)C(=O)N[C@H](C(N)=O)[C@@H](C)O. The van der Waals surface area contributed by atoms with E-state index >= 15 is 0 Å². The highest BCUT2D eigenvalue weighted by Crippen LogP contribution is 2.12. The number of unbranched alkanes of at least 4 members (excludes halogenated alkanes) is 3. The number of rotatable bonds is 47. The van der Waals surface area contributed by atoms with Gasteiger partial charge in [0.1, 0.15) is 54.4 Å². The molecule has 0 heterocycles. The van der Waals surface area contributed by atoms with E-state index in [0.29, 0.717) is 44.9 Å². The molecule has 0 aliphatic rings. The number of guanidine groups is 4. The second-order valence-corrected chi connectivity index (χ2v) is 20.6. The fourth-order valence-corrected chi connectivity index (χ4v) is 8.34. The van der Waals surface area contributed by atoms with Gasteiger partial charge >= 0.3 is 0 Å². The molecule has 0 aliphatic heterocycles. The van der Waals surface area contributed by atoms with Crippen LogP contribution in [-0.2, 0) is 47.9 Å². The first-order chi connectivity index (χ1) is 41.1. The number of carbonyl (C=O) groups is 10. The average Bonchev–Trinajstić information content (AvgIpc) is 3.06. The van der Waals surface area contributed by atoms with Crippen LogP contribution in [0, 0.1) is 0 Å². The van der Waals surface area contributed by atoms with Crippen molar-refractivity contribution in [3.8, 4) is 0 Å². The summed E-state index contributed by atoms with van der Waals surface area (Å²) in [5, 5.41) is 33.5. The Morgan fingerprint density at radius 3 is 0.793 bits per heavy atom. The zero-order valence-corrected chi connectivity index (χ0v) is 50.5. The Balaban J connectivity index is 7.16. The quantitative estimate of drug-likeness (QED) is 0.0153. The van der Waals surface area contributed by atoms with Crippen LogP contribution in [0.15, 0.2) is 20.0 Å². The maximum Gasteiger partial charge on any atom is 0.243 e. The monoisotopic (exact) mass is 1240 g/mol. The Morgan fingerprint density at radius 1 is 0.333 bits per heavy atom. The number of aliphatic hydroxyl groups is 1. The molecule has 0 aromatic heterocycles. The molecule has 36 heteroatoms. The van der Waals surface area contributed by atoms with E-state index in [-0.39, 0.29) is 134 Å². The Bertz CT molecular complexity index is 2290. The molecule has 0 bridgehead atoms. The summed E-state index contributed by atoms with van der Waals surface area (Å²) in [6, 6.07) is -12.1. The number of nitrogens with two attached hydrogens (primary N) is 12. The van der Waals surface area contributed by atoms with E-state index in [9.17, 15) is 53.1 Å². The highest BCUT2D eigenvalue weighted by atomic mass is 16.3. The molecule has 0 aliphatic carbocycles. The van der Waals surface area contributed by atoms with E-state index < -0.39 is 120 Å². The average molecular weight is 1240 g/mol. The van der Waals surface area contributed by atoms with Crippen LogP contribution in [0.1, 0.15) is 130 Å². The lowest BCUT2D eigenvalue weighted by atomic mass is 10.0. The number of amides is 10. The predicted octanol–water partition coefficient (Wildman–Crippen LogP) is -9.14. The molecule has 0 fully saturated rings. The molecule has 0 radical (unpaired) electrons. The molecule has 34 N–H and O–H groups in total. The molecule has 496 valence electrons. The molecular formula is C51H101N25O11. The van der Waals surface area contributed by atoms with Crippen molar-refractivity contribution in [3.63, 3.8) is 0 Å². The van der Waals surface area contributed by atoms with Gasteiger partial charge in [-0.1, -0.05) is 0 Å². The second kappa shape index (κ2) is 45.0. The number of hydrogen-bond donors (Lipinski definition) is 22. The van der Waals surface area contributed by atoms with Gasteiger partial charge < -0.3 is 122 Å². The third-order valence-corrected chi connectivity index (χ3v) is 13.0. The summed E-state index contributed by atoms with van der Waals surface area (Å²) in [7, 11) is 0. The zero-order valence-electron chi connectivity index (χ0n) is 50.5. The Kier molecular flexibility index (Phi) is 40.7. The number of aliphatic imine (C=N–C) groups is 4. The molecule has 0 spiro atoms. The molecule has 0 rings (SSSR count). The maximum atomic E-state index is 14.5. The van der Waals surface area contributed by atoms with Crippen molar-refractivity contribution in [2.75, 3.05) is 45.8 Å². The summed E-state index contributed by atoms with van der Waals surface area (Å²) < 4.78 is 0. The van der Waals surface area contributed by atoms with Crippen molar-refractivity contribution in [1.29, 1.82) is 0 Å². The normalized spacial score (nSPS) is 14.3. The van der Waals surface area contributed by atoms with E-state index in [1.165, 1.54) is 20.8 Å². The van der Waals surface area contributed by atoms with Crippen molar-refractivity contribution >= 4 is 82.9 Å². The van der Waals surface area contributed by atoms with Crippen molar-refractivity contribution in [1.82, 2.24) is 47.9 Å². The highest BCUT2D eigenvalue weighted by molar-refractivity contribution is 5.98. The summed E-state index contributed by atoms with van der Waals surface area (Å²) in [6.07, 6.45) is 1.19. The lowest BCUT2D eigenvalue weighted by Gasteiger charge is -2.28. The molecule has 0 unspecified atom stereocenters. The third-order valence-electron chi connectivity index (χ3n) is 13.0. The van der Waals surface area contributed by atoms with Crippen molar-refractivity contribution in [2.24, 2.45) is 88.8 Å². The van der Waals surface area contributed by atoms with E-state index in [1.807, 2.05) is 0 Å². The minimum absolute atomic E-state index is 0.000692. The first kappa shape index (κ1) is 78.6. The zero-order chi connectivity index (χ0) is 66.0. The van der Waals surface area contributed by atoms with Crippen LogP contribution in [0.2, 0.25) is 0 Å². The number of primary amides is 1. The molecule has 0 aromatic rings. The molecule has 0 saturated carbocycles. The smallest absolute Gasteiger partial charge is 0.243 e. The molecule has 10 amide bonds. The summed E-state index contributed by atoms with van der Waals surface area (Å²) in [5.74, 6) is -9.13.